The van der Waals surface area contributed by atoms with E-state index in [1.807, 2.05) is 38.1 Å². The van der Waals surface area contributed by atoms with Crippen LogP contribution >= 0.6 is 11.3 Å². The molecule has 2 heterocycles. The molecule has 0 unspecified atom stereocenters. The van der Waals surface area contributed by atoms with Crippen molar-refractivity contribution in [2.45, 2.75) is 26.9 Å². The third-order valence-corrected chi connectivity index (χ3v) is 5.44. The number of hydrogen-bond acceptors (Lipinski definition) is 7. The maximum Gasteiger partial charge on any atom is 0.273 e. The van der Waals surface area contributed by atoms with Crippen molar-refractivity contribution in [3.05, 3.63) is 46.5 Å². The van der Waals surface area contributed by atoms with Gasteiger partial charge in [0.25, 0.3) is 5.56 Å². The lowest BCUT2D eigenvalue weighted by molar-refractivity contribution is -0.121. The fourth-order valence-corrected chi connectivity index (χ4v) is 3.87. The first-order valence-corrected chi connectivity index (χ1v) is 9.87. The Hall–Kier alpha value is -2.94. The number of rotatable bonds is 8. The van der Waals surface area contributed by atoms with E-state index in [1.165, 1.54) is 22.2 Å². The van der Waals surface area contributed by atoms with Gasteiger partial charge in [0.05, 0.1) is 7.11 Å². The Bertz CT molecular complexity index is 1030. The molecular weight excluding hydrogens is 378 g/mol. The number of nitrogens with one attached hydrogen (secondary N) is 1. The predicted octanol–water partition coefficient (Wildman–Crippen LogP) is 2.02. The van der Waals surface area contributed by atoms with Gasteiger partial charge in [-0.25, -0.2) is 4.98 Å². The summed E-state index contributed by atoms with van der Waals surface area (Å²) in [6.07, 6.45) is 1.38. The van der Waals surface area contributed by atoms with Crippen LogP contribution in [0.4, 0.5) is 5.13 Å². The highest BCUT2D eigenvalue weighted by Gasteiger charge is 2.15. The van der Waals surface area contributed by atoms with Gasteiger partial charge in [-0.3, -0.25) is 14.2 Å². The number of carbonyl (C=O) groups excluding carboxylic acids is 1. The Kier molecular flexibility index (Phi) is 6.25. The number of amides is 1. The molecule has 3 rings (SSSR count). The third-order valence-electron chi connectivity index (χ3n) is 4.34. The summed E-state index contributed by atoms with van der Waals surface area (Å²) in [6, 6.07) is 7.45. The van der Waals surface area contributed by atoms with Gasteiger partial charge < -0.3 is 15.0 Å². The molecule has 3 aromatic rings. The van der Waals surface area contributed by atoms with Crippen molar-refractivity contribution in [3.8, 4) is 5.75 Å². The first kappa shape index (κ1) is 19.8. The molecule has 1 amide bonds. The van der Waals surface area contributed by atoms with Gasteiger partial charge in [0, 0.05) is 19.6 Å². The van der Waals surface area contributed by atoms with E-state index in [0.717, 1.165) is 29.5 Å². The molecule has 0 saturated heterocycles. The highest BCUT2D eigenvalue weighted by Crippen LogP contribution is 2.24. The van der Waals surface area contributed by atoms with Crippen molar-refractivity contribution in [1.82, 2.24) is 19.9 Å². The summed E-state index contributed by atoms with van der Waals surface area (Å²) >= 11 is 1.31. The second-order valence-electron chi connectivity index (χ2n) is 6.13. The van der Waals surface area contributed by atoms with E-state index in [0.29, 0.717) is 16.9 Å². The van der Waals surface area contributed by atoms with E-state index in [-0.39, 0.29) is 18.0 Å². The number of benzene rings is 1. The summed E-state index contributed by atoms with van der Waals surface area (Å²) in [6.45, 7) is 5.94. The summed E-state index contributed by atoms with van der Waals surface area (Å²) in [7, 11) is 1.60. The van der Waals surface area contributed by atoms with E-state index in [9.17, 15) is 9.59 Å². The van der Waals surface area contributed by atoms with Crippen molar-refractivity contribution in [2.75, 3.05) is 25.1 Å². The first-order valence-electron chi connectivity index (χ1n) is 9.06. The standard InChI is InChI=1S/C19H23N5O3S/c1-4-23(5-2)19-22-17-16(28-19)18(26)24(12-21-17)11-15(25)20-10-13-7-6-8-14(9-13)27-3/h6-9,12H,4-5,10-11H2,1-3H3,(H,20,25). The molecule has 8 nitrogen and oxygen atoms in total. The zero-order valence-electron chi connectivity index (χ0n) is 16.1. The predicted molar refractivity (Wildman–Crippen MR) is 110 cm³/mol. The SMILES string of the molecule is CCN(CC)c1nc2ncn(CC(=O)NCc3cccc(OC)c3)c(=O)c2s1. The number of carbonyl (C=O) groups is 1. The molecule has 1 N–H and O–H groups in total. The molecule has 0 atom stereocenters. The lowest BCUT2D eigenvalue weighted by atomic mass is 10.2. The average Bonchev–Trinajstić information content (AvgIpc) is 3.14. The molecule has 0 saturated carbocycles. The minimum absolute atomic E-state index is 0.0930. The zero-order chi connectivity index (χ0) is 20.1. The second-order valence-corrected chi connectivity index (χ2v) is 7.10. The topological polar surface area (TPSA) is 89.3 Å². The van der Waals surface area contributed by atoms with Gasteiger partial charge in [-0.15, -0.1) is 0 Å². The Balaban J connectivity index is 1.71. The number of fused-ring (bicyclic) bond motifs is 1. The van der Waals surface area contributed by atoms with Crippen molar-refractivity contribution in [3.63, 3.8) is 0 Å². The summed E-state index contributed by atoms with van der Waals surface area (Å²) in [5.41, 5.74) is 1.09. The van der Waals surface area contributed by atoms with E-state index in [2.05, 4.69) is 20.2 Å². The molecule has 0 bridgehead atoms. The van der Waals surface area contributed by atoms with Gasteiger partial charge in [-0.1, -0.05) is 23.5 Å². The summed E-state index contributed by atoms with van der Waals surface area (Å²) in [5.74, 6) is 0.464. The molecule has 148 valence electrons. The summed E-state index contributed by atoms with van der Waals surface area (Å²) in [4.78, 5) is 35.7. The van der Waals surface area contributed by atoms with E-state index >= 15 is 0 Å². The number of hydrogen-bond donors (Lipinski definition) is 1. The number of anilines is 1. The van der Waals surface area contributed by atoms with Crippen LogP contribution in [0.5, 0.6) is 5.75 Å². The fourth-order valence-electron chi connectivity index (χ4n) is 2.77. The van der Waals surface area contributed by atoms with Gasteiger partial charge in [0.1, 0.15) is 23.3 Å². The smallest absolute Gasteiger partial charge is 0.273 e. The second kappa shape index (κ2) is 8.83. The van der Waals surface area contributed by atoms with Gasteiger partial charge in [0.15, 0.2) is 10.8 Å². The molecule has 2 aromatic heterocycles. The normalized spacial score (nSPS) is 10.8. The number of thiazole rings is 1. The van der Waals surface area contributed by atoms with Gasteiger partial charge in [0.2, 0.25) is 5.91 Å². The van der Waals surface area contributed by atoms with E-state index in [4.69, 9.17) is 4.74 Å². The molecule has 0 aliphatic heterocycles. The van der Waals surface area contributed by atoms with Crippen LogP contribution in [-0.2, 0) is 17.9 Å². The minimum atomic E-state index is -0.264. The Morgan fingerprint density at radius 2 is 2.11 bits per heavy atom. The van der Waals surface area contributed by atoms with Crippen LogP contribution in [0.3, 0.4) is 0 Å². The van der Waals surface area contributed by atoms with Crippen molar-refractivity contribution in [2.24, 2.45) is 0 Å². The summed E-state index contributed by atoms with van der Waals surface area (Å²) in [5, 5.41) is 3.58. The third kappa shape index (κ3) is 4.30. The molecule has 1 aromatic carbocycles. The average molecular weight is 401 g/mol. The van der Waals surface area contributed by atoms with Crippen LogP contribution in [0.1, 0.15) is 19.4 Å². The highest BCUT2D eigenvalue weighted by atomic mass is 32.1. The van der Waals surface area contributed by atoms with E-state index < -0.39 is 0 Å². The molecule has 0 fully saturated rings. The maximum atomic E-state index is 12.7. The number of nitrogens with zero attached hydrogens (tertiary/aromatic N) is 4. The Morgan fingerprint density at radius 1 is 1.32 bits per heavy atom. The van der Waals surface area contributed by atoms with Crippen LogP contribution in [-0.4, -0.2) is 40.6 Å². The van der Waals surface area contributed by atoms with Crippen LogP contribution < -0.4 is 20.5 Å². The quantitative estimate of drug-likeness (QED) is 0.621. The largest absolute Gasteiger partial charge is 0.497 e. The van der Waals surface area contributed by atoms with Crippen LogP contribution in [0.25, 0.3) is 10.3 Å². The zero-order valence-corrected chi connectivity index (χ0v) is 17.0. The molecule has 0 aliphatic carbocycles. The van der Waals surface area contributed by atoms with Gasteiger partial charge in [-0.2, -0.15) is 4.98 Å². The van der Waals surface area contributed by atoms with E-state index in [1.54, 1.807) is 7.11 Å². The summed E-state index contributed by atoms with van der Waals surface area (Å²) < 4.78 is 6.95. The molecule has 0 spiro atoms. The number of methoxy groups -OCH3 is 1. The van der Waals surface area contributed by atoms with Crippen LogP contribution in [0, 0.1) is 0 Å². The van der Waals surface area contributed by atoms with Crippen LogP contribution in [0.2, 0.25) is 0 Å². The molecule has 28 heavy (non-hydrogen) atoms. The van der Waals surface area contributed by atoms with Gasteiger partial charge in [-0.05, 0) is 31.5 Å². The molecular formula is C19H23N5O3S. The molecule has 0 radical (unpaired) electrons. The first-order chi connectivity index (χ1) is 13.5. The fraction of sp³-hybridized carbons (Fsp3) is 0.368. The lowest BCUT2D eigenvalue weighted by Gasteiger charge is -2.15. The van der Waals surface area contributed by atoms with Crippen molar-refractivity contribution in [1.29, 1.82) is 0 Å². The van der Waals surface area contributed by atoms with Crippen LogP contribution in [0.15, 0.2) is 35.4 Å². The Morgan fingerprint density at radius 3 is 2.82 bits per heavy atom. The van der Waals surface area contributed by atoms with Crippen molar-refractivity contribution < 1.29 is 9.53 Å². The number of ether oxygens (including phenoxy) is 1. The molecule has 9 heteroatoms. The monoisotopic (exact) mass is 401 g/mol. The maximum absolute atomic E-state index is 12.7. The lowest BCUT2D eigenvalue weighted by Crippen LogP contribution is -2.31. The number of aromatic nitrogens is 3. The highest BCUT2D eigenvalue weighted by molar-refractivity contribution is 7.22. The van der Waals surface area contributed by atoms with Gasteiger partial charge >= 0.3 is 0 Å². The molecule has 0 aliphatic rings. The Labute approximate surface area is 166 Å². The van der Waals surface area contributed by atoms with Crippen molar-refractivity contribution >= 4 is 32.7 Å². The minimum Gasteiger partial charge on any atom is -0.497 e.